The van der Waals surface area contributed by atoms with Crippen molar-refractivity contribution >= 4 is 6.09 Å². The standard InChI is InChI=1S/C15H28N2O2/c1-15(2,3)19-14(18)17-10-9-12(16)11-7-5-4-6-8-13(11)17/h11-13H,4-10,16H2,1-3H3. The molecule has 3 unspecified atom stereocenters. The maximum Gasteiger partial charge on any atom is 0.410 e. The first-order valence-electron chi connectivity index (χ1n) is 7.64. The van der Waals surface area contributed by atoms with Crippen molar-refractivity contribution in [1.82, 2.24) is 4.90 Å². The van der Waals surface area contributed by atoms with Crippen LogP contribution < -0.4 is 5.73 Å². The number of piperidine rings is 1. The van der Waals surface area contributed by atoms with Crippen LogP contribution in [-0.2, 0) is 4.74 Å². The van der Waals surface area contributed by atoms with Gasteiger partial charge in [0.05, 0.1) is 0 Å². The lowest BCUT2D eigenvalue weighted by atomic mass is 9.82. The fourth-order valence-corrected chi connectivity index (χ4v) is 3.42. The van der Waals surface area contributed by atoms with Gasteiger partial charge in [0.1, 0.15) is 5.60 Å². The molecule has 0 aromatic carbocycles. The highest BCUT2D eigenvalue weighted by atomic mass is 16.6. The number of likely N-dealkylation sites (tertiary alicyclic amines) is 1. The summed E-state index contributed by atoms with van der Waals surface area (Å²) >= 11 is 0. The second-order valence-electron chi connectivity index (χ2n) is 7.00. The van der Waals surface area contributed by atoms with Crippen LogP contribution in [-0.4, -0.2) is 35.2 Å². The van der Waals surface area contributed by atoms with E-state index in [2.05, 4.69) is 0 Å². The highest BCUT2D eigenvalue weighted by Crippen LogP contribution is 2.34. The molecule has 2 aliphatic rings. The number of carbonyl (C=O) groups excluding carboxylic acids is 1. The van der Waals surface area contributed by atoms with E-state index in [1.165, 1.54) is 19.3 Å². The molecule has 2 fully saturated rings. The lowest BCUT2D eigenvalue weighted by Gasteiger charge is -2.44. The molecule has 1 saturated carbocycles. The van der Waals surface area contributed by atoms with Crippen LogP contribution in [0.1, 0.15) is 59.3 Å². The van der Waals surface area contributed by atoms with Crippen LogP contribution in [0.5, 0.6) is 0 Å². The number of carbonyl (C=O) groups is 1. The zero-order valence-electron chi connectivity index (χ0n) is 12.5. The van der Waals surface area contributed by atoms with Crippen LogP contribution in [0.25, 0.3) is 0 Å². The molecule has 1 heterocycles. The number of nitrogens with two attached hydrogens (primary N) is 1. The third kappa shape index (κ3) is 3.62. The minimum Gasteiger partial charge on any atom is -0.444 e. The van der Waals surface area contributed by atoms with Gasteiger partial charge < -0.3 is 15.4 Å². The van der Waals surface area contributed by atoms with E-state index in [4.69, 9.17) is 10.5 Å². The fourth-order valence-electron chi connectivity index (χ4n) is 3.42. The van der Waals surface area contributed by atoms with Crippen molar-refractivity contribution in [2.75, 3.05) is 6.54 Å². The summed E-state index contributed by atoms with van der Waals surface area (Å²) in [7, 11) is 0. The first kappa shape index (κ1) is 14.6. The number of nitrogens with zero attached hydrogens (tertiary/aromatic N) is 1. The molecule has 1 saturated heterocycles. The van der Waals surface area contributed by atoms with Gasteiger partial charge in [0, 0.05) is 18.6 Å². The number of ether oxygens (including phenoxy) is 1. The fraction of sp³-hybridized carbons (Fsp3) is 0.933. The maximum atomic E-state index is 12.4. The third-order valence-corrected chi connectivity index (χ3v) is 4.31. The van der Waals surface area contributed by atoms with E-state index >= 15 is 0 Å². The van der Waals surface area contributed by atoms with Gasteiger partial charge in [-0.05, 0) is 46.0 Å². The monoisotopic (exact) mass is 268 g/mol. The lowest BCUT2D eigenvalue weighted by Crippen LogP contribution is -2.56. The third-order valence-electron chi connectivity index (χ3n) is 4.31. The SMILES string of the molecule is CC(C)(C)OC(=O)N1CCC(N)C2CCCCCC21. The molecule has 19 heavy (non-hydrogen) atoms. The lowest BCUT2D eigenvalue weighted by molar-refractivity contribution is -0.00435. The Bertz CT molecular complexity index is 325. The van der Waals surface area contributed by atoms with Gasteiger partial charge in [-0.25, -0.2) is 4.79 Å². The highest BCUT2D eigenvalue weighted by molar-refractivity contribution is 5.68. The number of hydrogen-bond donors (Lipinski definition) is 1. The second kappa shape index (κ2) is 5.70. The van der Waals surface area contributed by atoms with Gasteiger partial charge >= 0.3 is 6.09 Å². The number of rotatable bonds is 0. The van der Waals surface area contributed by atoms with Gasteiger partial charge in [-0.1, -0.05) is 19.3 Å². The Morgan fingerprint density at radius 3 is 2.53 bits per heavy atom. The average Bonchev–Trinajstić information content (AvgIpc) is 2.53. The Morgan fingerprint density at radius 2 is 1.84 bits per heavy atom. The molecule has 0 radical (unpaired) electrons. The number of fused-ring (bicyclic) bond motifs is 1. The van der Waals surface area contributed by atoms with E-state index in [0.717, 1.165) is 25.8 Å². The first-order valence-corrected chi connectivity index (χ1v) is 7.64. The van der Waals surface area contributed by atoms with Crippen molar-refractivity contribution < 1.29 is 9.53 Å². The molecular formula is C15H28N2O2. The van der Waals surface area contributed by atoms with Gasteiger partial charge in [0.2, 0.25) is 0 Å². The summed E-state index contributed by atoms with van der Waals surface area (Å²) in [6.45, 7) is 6.51. The quantitative estimate of drug-likeness (QED) is 0.735. The molecular weight excluding hydrogens is 240 g/mol. The zero-order valence-corrected chi connectivity index (χ0v) is 12.5. The van der Waals surface area contributed by atoms with Gasteiger partial charge in [0.15, 0.2) is 0 Å². The molecule has 1 aliphatic heterocycles. The summed E-state index contributed by atoms with van der Waals surface area (Å²) in [5, 5.41) is 0. The highest BCUT2D eigenvalue weighted by Gasteiger charge is 2.40. The molecule has 0 aromatic rings. The van der Waals surface area contributed by atoms with E-state index in [1.807, 2.05) is 25.7 Å². The van der Waals surface area contributed by atoms with E-state index in [0.29, 0.717) is 12.0 Å². The normalized spacial score (nSPS) is 32.4. The molecule has 110 valence electrons. The van der Waals surface area contributed by atoms with Gasteiger partial charge in [0.25, 0.3) is 0 Å². The average molecular weight is 268 g/mol. The summed E-state index contributed by atoms with van der Waals surface area (Å²) < 4.78 is 5.55. The van der Waals surface area contributed by atoms with Gasteiger partial charge in [-0.3, -0.25) is 0 Å². The Hall–Kier alpha value is -0.770. The molecule has 2 N–H and O–H groups in total. The van der Waals surface area contributed by atoms with Crippen molar-refractivity contribution in [2.45, 2.75) is 77.0 Å². The Kier molecular flexibility index (Phi) is 4.39. The van der Waals surface area contributed by atoms with Crippen molar-refractivity contribution in [3.8, 4) is 0 Å². The van der Waals surface area contributed by atoms with Crippen LogP contribution >= 0.6 is 0 Å². The molecule has 1 amide bonds. The van der Waals surface area contributed by atoms with Gasteiger partial charge in [-0.2, -0.15) is 0 Å². The van der Waals surface area contributed by atoms with Crippen molar-refractivity contribution in [3.63, 3.8) is 0 Å². The van der Waals surface area contributed by atoms with E-state index in [-0.39, 0.29) is 12.1 Å². The van der Waals surface area contributed by atoms with Crippen molar-refractivity contribution in [2.24, 2.45) is 11.7 Å². The number of hydrogen-bond acceptors (Lipinski definition) is 3. The predicted octanol–water partition coefficient (Wildman–Crippen LogP) is 2.90. The van der Waals surface area contributed by atoms with E-state index in [9.17, 15) is 4.79 Å². The van der Waals surface area contributed by atoms with Crippen LogP contribution in [0.4, 0.5) is 4.79 Å². The topological polar surface area (TPSA) is 55.6 Å². The minimum atomic E-state index is -0.420. The molecule has 0 aromatic heterocycles. The summed E-state index contributed by atoms with van der Waals surface area (Å²) in [6.07, 6.45) is 6.70. The molecule has 4 heteroatoms. The van der Waals surface area contributed by atoms with Crippen LogP contribution in [0.2, 0.25) is 0 Å². The molecule has 3 atom stereocenters. The van der Waals surface area contributed by atoms with Crippen LogP contribution in [0, 0.1) is 5.92 Å². The van der Waals surface area contributed by atoms with Crippen LogP contribution in [0.15, 0.2) is 0 Å². The predicted molar refractivity (Wildman–Crippen MR) is 75.9 cm³/mol. The molecule has 0 bridgehead atoms. The second-order valence-corrected chi connectivity index (χ2v) is 7.00. The van der Waals surface area contributed by atoms with Crippen molar-refractivity contribution in [1.29, 1.82) is 0 Å². The van der Waals surface area contributed by atoms with Gasteiger partial charge in [-0.15, -0.1) is 0 Å². The summed E-state index contributed by atoms with van der Waals surface area (Å²) in [5.74, 6) is 0.462. The summed E-state index contributed by atoms with van der Waals surface area (Å²) in [5.41, 5.74) is 5.85. The molecule has 4 nitrogen and oxygen atoms in total. The van der Waals surface area contributed by atoms with E-state index in [1.54, 1.807) is 0 Å². The molecule has 0 spiro atoms. The zero-order chi connectivity index (χ0) is 14.0. The maximum absolute atomic E-state index is 12.4. The Balaban J connectivity index is 2.09. The molecule has 1 aliphatic carbocycles. The largest absolute Gasteiger partial charge is 0.444 e. The minimum absolute atomic E-state index is 0.156. The van der Waals surface area contributed by atoms with Crippen molar-refractivity contribution in [3.05, 3.63) is 0 Å². The Labute approximate surface area is 116 Å². The van der Waals surface area contributed by atoms with E-state index < -0.39 is 5.60 Å². The Morgan fingerprint density at radius 1 is 1.16 bits per heavy atom. The summed E-state index contributed by atoms with van der Waals surface area (Å²) in [6, 6.07) is 0.544. The first-order chi connectivity index (χ1) is 8.88. The van der Waals surface area contributed by atoms with Crippen LogP contribution in [0.3, 0.4) is 0 Å². The molecule has 2 rings (SSSR count). The number of amides is 1. The summed E-state index contributed by atoms with van der Waals surface area (Å²) in [4.78, 5) is 14.3. The smallest absolute Gasteiger partial charge is 0.410 e.